The molecular formula is C14H15N3O3. The van der Waals surface area contributed by atoms with Crippen LogP contribution >= 0.6 is 0 Å². The van der Waals surface area contributed by atoms with E-state index in [0.717, 1.165) is 0 Å². The normalized spacial score (nSPS) is 11.8. The van der Waals surface area contributed by atoms with Crippen molar-refractivity contribution in [2.75, 3.05) is 11.4 Å². The standard InChI is InChI=1S/C14H15N3O3/c1-11(17-9-5-8-15-17)14(20)16(10-13(18)19)12-6-3-2-4-7-12/h2-9,11H,10H2,1H3,(H,18,19). The number of nitrogens with zero attached hydrogens (tertiary/aromatic N) is 3. The third kappa shape index (κ3) is 3.03. The van der Waals surface area contributed by atoms with Gasteiger partial charge in [-0.15, -0.1) is 0 Å². The Bertz CT molecular complexity index is 581. The third-order valence-electron chi connectivity index (χ3n) is 2.91. The number of aliphatic carboxylic acids is 1. The van der Waals surface area contributed by atoms with Crippen LogP contribution in [0, 0.1) is 0 Å². The summed E-state index contributed by atoms with van der Waals surface area (Å²) in [7, 11) is 0. The van der Waals surface area contributed by atoms with Gasteiger partial charge in [0.2, 0.25) is 0 Å². The highest BCUT2D eigenvalue weighted by molar-refractivity contribution is 5.99. The number of carbonyl (C=O) groups excluding carboxylic acids is 1. The highest BCUT2D eigenvalue weighted by Gasteiger charge is 2.25. The Morgan fingerprint density at radius 1 is 1.30 bits per heavy atom. The number of hydrogen-bond donors (Lipinski definition) is 1. The maximum Gasteiger partial charge on any atom is 0.323 e. The summed E-state index contributed by atoms with van der Waals surface area (Å²) in [6.07, 6.45) is 3.25. The number of anilines is 1. The van der Waals surface area contributed by atoms with Gasteiger partial charge in [0.25, 0.3) is 5.91 Å². The number of aromatic nitrogens is 2. The maximum absolute atomic E-state index is 12.5. The lowest BCUT2D eigenvalue weighted by Gasteiger charge is -2.24. The first-order chi connectivity index (χ1) is 9.59. The SMILES string of the molecule is CC(C(=O)N(CC(=O)O)c1ccccc1)n1cccn1. The molecule has 2 rings (SSSR count). The lowest BCUT2D eigenvalue weighted by Crippen LogP contribution is -2.40. The molecule has 1 aromatic carbocycles. The second kappa shape index (κ2) is 6.01. The van der Waals surface area contributed by atoms with Crippen LogP contribution in [0.5, 0.6) is 0 Å². The van der Waals surface area contributed by atoms with Crippen LogP contribution in [-0.4, -0.2) is 33.3 Å². The molecule has 0 saturated carbocycles. The van der Waals surface area contributed by atoms with E-state index in [-0.39, 0.29) is 12.5 Å². The van der Waals surface area contributed by atoms with Gasteiger partial charge in [-0.05, 0) is 25.1 Å². The quantitative estimate of drug-likeness (QED) is 0.897. The number of carboxylic acids is 1. The van der Waals surface area contributed by atoms with Crippen LogP contribution in [0.25, 0.3) is 0 Å². The fourth-order valence-electron chi connectivity index (χ4n) is 1.89. The molecule has 20 heavy (non-hydrogen) atoms. The van der Waals surface area contributed by atoms with Crippen LogP contribution in [0.1, 0.15) is 13.0 Å². The predicted octanol–water partition coefficient (Wildman–Crippen LogP) is 1.56. The van der Waals surface area contributed by atoms with Gasteiger partial charge in [-0.25, -0.2) is 0 Å². The molecule has 104 valence electrons. The first kappa shape index (κ1) is 13.8. The number of benzene rings is 1. The fourth-order valence-corrected chi connectivity index (χ4v) is 1.89. The molecule has 1 N–H and O–H groups in total. The molecule has 0 saturated heterocycles. The van der Waals surface area contributed by atoms with Gasteiger partial charge >= 0.3 is 5.97 Å². The Morgan fingerprint density at radius 2 is 2.00 bits per heavy atom. The number of amides is 1. The number of carboxylic acid groups (broad SMARTS) is 1. The van der Waals surface area contributed by atoms with Crippen LogP contribution in [0.2, 0.25) is 0 Å². The molecule has 2 aromatic rings. The van der Waals surface area contributed by atoms with Crippen molar-refractivity contribution >= 4 is 17.6 Å². The summed E-state index contributed by atoms with van der Waals surface area (Å²) in [6.45, 7) is 1.31. The first-order valence-corrected chi connectivity index (χ1v) is 6.17. The van der Waals surface area contributed by atoms with Crippen LogP contribution in [0.3, 0.4) is 0 Å². The van der Waals surface area contributed by atoms with Gasteiger partial charge in [0, 0.05) is 18.1 Å². The fraction of sp³-hybridized carbons (Fsp3) is 0.214. The van der Waals surface area contributed by atoms with Crippen molar-refractivity contribution in [2.24, 2.45) is 0 Å². The van der Waals surface area contributed by atoms with E-state index in [1.807, 2.05) is 6.07 Å². The summed E-state index contributed by atoms with van der Waals surface area (Å²) in [5.74, 6) is -1.38. The van der Waals surface area contributed by atoms with Crippen LogP contribution in [0.15, 0.2) is 48.8 Å². The minimum atomic E-state index is -1.06. The summed E-state index contributed by atoms with van der Waals surface area (Å²) < 4.78 is 1.50. The van der Waals surface area contributed by atoms with Crippen molar-refractivity contribution in [3.63, 3.8) is 0 Å². The predicted molar refractivity (Wildman–Crippen MR) is 73.4 cm³/mol. The number of hydrogen-bond acceptors (Lipinski definition) is 3. The zero-order chi connectivity index (χ0) is 14.5. The van der Waals surface area contributed by atoms with Gasteiger partial charge in [-0.1, -0.05) is 18.2 Å². The summed E-state index contributed by atoms with van der Waals surface area (Å²) in [4.78, 5) is 24.7. The smallest absolute Gasteiger partial charge is 0.323 e. The van der Waals surface area contributed by atoms with Crippen LogP contribution in [0.4, 0.5) is 5.69 Å². The zero-order valence-corrected chi connectivity index (χ0v) is 11.0. The first-order valence-electron chi connectivity index (χ1n) is 6.17. The average Bonchev–Trinajstić information content (AvgIpc) is 2.98. The topological polar surface area (TPSA) is 75.4 Å². The zero-order valence-electron chi connectivity index (χ0n) is 11.0. The Balaban J connectivity index is 2.27. The van der Waals surface area contributed by atoms with E-state index in [9.17, 15) is 9.59 Å². The van der Waals surface area contributed by atoms with E-state index in [1.54, 1.807) is 49.6 Å². The van der Waals surface area contributed by atoms with E-state index in [4.69, 9.17) is 5.11 Å². The molecule has 0 aliphatic carbocycles. The van der Waals surface area contributed by atoms with E-state index >= 15 is 0 Å². The van der Waals surface area contributed by atoms with Gasteiger partial charge in [-0.2, -0.15) is 5.10 Å². The van der Waals surface area contributed by atoms with Gasteiger partial charge in [0.1, 0.15) is 12.6 Å². The molecular weight excluding hydrogens is 258 g/mol. The van der Waals surface area contributed by atoms with Crippen molar-refractivity contribution < 1.29 is 14.7 Å². The molecule has 6 nitrogen and oxygen atoms in total. The van der Waals surface area contributed by atoms with Crippen molar-refractivity contribution in [3.05, 3.63) is 48.8 Å². The van der Waals surface area contributed by atoms with Crippen molar-refractivity contribution in [3.8, 4) is 0 Å². The average molecular weight is 273 g/mol. The lowest BCUT2D eigenvalue weighted by molar-refractivity contribution is -0.137. The molecule has 0 aliphatic heterocycles. The molecule has 0 radical (unpaired) electrons. The van der Waals surface area contributed by atoms with E-state index < -0.39 is 12.0 Å². The van der Waals surface area contributed by atoms with Crippen LogP contribution in [-0.2, 0) is 9.59 Å². The molecule has 1 aromatic heterocycles. The van der Waals surface area contributed by atoms with Crippen molar-refractivity contribution in [2.45, 2.75) is 13.0 Å². The second-order valence-corrected chi connectivity index (χ2v) is 4.32. The van der Waals surface area contributed by atoms with E-state index in [0.29, 0.717) is 5.69 Å². The minimum absolute atomic E-state index is 0.317. The Morgan fingerprint density at radius 3 is 2.55 bits per heavy atom. The highest BCUT2D eigenvalue weighted by atomic mass is 16.4. The van der Waals surface area contributed by atoms with Crippen molar-refractivity contribution in [1.82, 2.24) is 9.78 Å². The third-order valence-corrected chi connectivity index (χ3v) is 2.91. The van der Waals surface area contributed by atoms with Gasteiger partial charge < -0.3 is 5.11 Å². The van der Waals surface area contributed by atoms with E-state index in [2.05, 4.69) is 5.10 Å². The maximum atomic E-state index is 12.5. The van der Waals surface area contributed by atoms with Crippen molar-refractivity contribution in [1.29, 1.82) is 0 Å². The Kier molecular flexibility index (Phi) is 4.14. The van der Waals surface area contributed by atoms with Crippen LogP contribution < -0.4 is 4.90 Å². The largest absolute Gasteiger partial charge is 0.480 e. The molecule has 1 unspecified atom stereocenters. The minimum Gasteiger partial charge on any atom is -0.480 e. The Labute approximate surface area is 116 Å². The molecule has 1 atom stereocenters. The molecule has 1 heterocycles. The van der Waals surface area contributed by atoms with E-state index in [1.165, 1.54) is 9.58 Å². The van der Waals surface area contributed by atoms with Gasteiger partial charge in [0.15, 0.2) is 0 Å². The lowest BCUT2D eigenvalue weighted by atomic mass is 10.2. The van der Waals surface area contributed by atoms with Gasteiger partial charge in [0.05, 0.1) is 0 Å². The molecule has 0 fully saturated rings. The number of carbonyl (C=O) groups is 2. The summed E-state index contributed by atoms with van der Waals surface area (Å²) in [5, 5.41) is 13.0. The molecule has 0 aliphatic rings. The summed E-state index contributed by atoms with van der Waals surface area (Å²) in [5.41, 5.74) is 0.555. The molecule has 0 spiro atoms. The second-order valence-electron chi connectivity index (χ2n) is 4.32. The monoisotopic (exact) mass is 273 g/mol. The molecule has 1 amide bonds. The number of rotatable bonds is 5. The highest BCUT2D eigenvalue weighted by Crippen LogP contribution is 2.18. The Hall–Kier alpha value is -2.63. The summed E-state index contributed by atoms with van der Waals surface area (Å²) >= 11 is 0. The molecule has 6 heteroatoms. The summed E-state index contributed by atoms with van der Waals surface area (Å²) in [6, 6.07) is 9.89. The number of para-hydroxylation sites is 1. The molecule has 0 bridgehead atoms. The van der Waals surface area contributed by atoms with Gasteiger partial charge in [-0.3, -0.25) is 19.2 Å².